The van der Waals surface area contributed by atoms with Crippen LogP contribution in [0.2, 0.25) is 0 Å². The molecule has 3 aromatic rings. The van der Waals surface area contributed by atoms with Gasteiger partial charge in [0, 0.05) is 24.2 Å². The Bertz CT molecular complexity index is 995. The topological polar surface area (TPSA) is 50.4 Å². The molecular formula is C22H23N3O. The van der Waals surface area contributed by atoms with Crippen LogP contribution in [0.25, 0.3) is 0 Å². The maximum atomic E-state index is 5.23. The van der Waals surface area contributed by atoms with Crippen LogP contribution < -0.4 is 5.32 Å². The smallest absolute Gasteiger partial charge is 0.138 e. The van der Waals surface area contributed by atoms with E-state index in [0.29, 0.717) is 6.54 Å². The zero-order chi connectivity index (χ0) is 18.3. The SMILES string of the molecule is Cc1cccc(C2=Nc3cc(NCc4c(C)noc4C)ccc3C2)c1C. The Morgan fingerprint density at radius 3 is 2.69 bits per heavy atom. The summed E-state index contributed by atoms with van der Waals surface area (Å²) in [6, 6.07) is 12.9. The van der Waals surface area contributed by atoms with Gasteiger partial charge in [0.2, 0.25) is 0 Å². The predicted molar refractivity (Wildman–Crippen MR) is 106 cm³/mol. The van der Waals surface area contributed by atoms with Crippen molar-refractivity contribution in [1.29, 1.82) is 0 Å². The Hall–Kier alpha value is -2.88. The fourth-order valence-electron chi connectivity index (χ4n) is 3.46. The van der Waals surface area contributed by atoms with E-state index >= 15 is 0 Å². The van der Waals surface area contributed by atoms with Crippen LogP contribution in [0.3, 0.4) is 0 Å². The molecule has 1 N–H and O–H groups in total. The van der Waals surface area contributed by atoms with Gasteiger partial charge in [0.1, 0.15) is 5.76 Å². The molecule has 0 bridgehead atoms. The molecule has 1 aliphatic rings. The minimum Gasteiger partial charge on any atom is -0.381 e. The molecule has 0 amide bonds. The first-order chi connectivity index (χ1) is 12.5. The minimum atomic E-state index is 0.702. The van der Waals surface area contributed by atoms with Crippen LogP contribution in [0.15, 0.2) is 45.9 Å². The summed E-state index contributed by atoms with van der Waals surface area (Å²) in [5, 5.41) is 7.47. The molecule has 4 heteroatoms. The van der Waals surface area contributed by atoms with Crippen LogP contribution in [0.4, 0.5) is 11.4 Å². The predicted octanol–water partition coefficient (Wildman–Crippen LogP) is 5.20. The van der Waals surface area contributed by atoms with Crippen molar-refractivity contribution in [1.82, 2.24) is 5.16 Å². The van der Waals surface area contributed by atoms with Crippen molar-refractivity contribution in [3.8, 4) is 0 Å². The second-order valence-corrected chi connectivity index (χ2v) is 6.98. The van der Waals surface area contributed by atoms with E-state index in [9.17, 15) is 0 Å². The molecule has 4 nitrogen and oxygen atoms in total. The number of hydrogen-bond acceptors (Lipinski definition) is 4. The van der Waals surface area contributed by atoms with Gasteiger partial charge >= 0.3 is 0 Å². The van der Waals surface area contributed by atoms with Crippen LogP contribution in [-0.4, -0.2) is 10.9 Å². The summed E-state index contributed by atoms with van der Waals surface area (Å²) in [7, 11) is 0. The summed E-state index contributed by atoms with van der Waals surface area (Å²) < 4.78 is 5.23. The van der Waals surface area contributed by atoms with E-state index in [4.69, 9.17) is 9.52 Å². The molecule has 0 atom stereocenters. The number of anilines is 1. The van der Waals surface area contributed by atoms with Crippen molar-refractivity contribution < 1.29 is 4.52 Å². The highest BCUT2D eigenvalue weighted by atomic mass is 16.5. The van der Waals surface area contributed by atoms with Crippen LogP contribution in [0.5, 0.6) is 0 Å². The molecule has 0 spiro atoms. The standard InChI is InChI=1S/C22H23N3O/c1-13-6-5-7-19(14(13)2)22-10-17-8-9-18(11-21(17)24-22)23-12-20-15(3)25-26-16(20)4/h5-9,11,23H,10,12H2,1-4H3. The molecule has 26 heavy (non-hydrogen) atoms. The molecule has 132 valence electrons. The Morgan fingerprint density at radius 2 is 1.92 bits per heavy atom. The third-order valence-electron chi connectivity index (χ3n) is 5.26. The lowest BCUT2D eigenvalue weighted by Gasteiger charge is -2.08. The maximum absolute atomic E-state index is 5.23. The number of aryl methyl sites for hydroxylation is 3. The van der Waals surface area contributed by atoms with Gasteiger partial charge in [-0.25, -0.2) is 0 Å². The third-order valence-corrected chi connectivity index (χ3v) is 5.26. The Kier molecular flexibility index (Phi) is 4.11. The molecule has 2 aromatic carbocycles. The first-order valence-electron chi connectivity index (χ1n) is 8.95. The van der Waals surface area contributed by atoms with Gasteiger partial charge in [-0.3, -0.25) is 4.99 Å². The highest BCUT2D eigenvalue weighted by Gasteiger charge is 2.18. The van der Waals surface area contributed by atoms with Crippen molar-refractivity contribution in [2.24, 2.45) is 4.99 Å². The summed E-state index contributed by atoms with van der Waals surface area (Å²) in [4.78, 5) is 4.91. The summed E-state index contributed by atoms with van der Waals surface area (Å²) >= 11 is 0. The minimum absolute atomic E-state index is 0.702. The summed E-state index contributed by atoms with van der Waals surface area (Å²) in [5.41, 5.74) is 10.5. The van der Waals surface area contributed by atoms with Gasteiger partial charge in [0.15, 0.2) is 0 Å². The van der Waals surface area contributed by atoms with Gasteiger partial charge in [0.05, 0.1) is 17.1 Å². The molecule has 0 saturated carbocycles. The molecule has 4 rings (SSSR count). The summed E-state index contributed by atoms with van der Waals surface area (Å²) in [6.45, 7) is 8.94. The number of hydrogen-bond donors (Lipinski definition) is 1. The lowest BCUT2D eigenvalue weighted by Crippen LogP contribution is -2.04. The van der Waals surface area contributed by atoms with E-state index in [1.54, 1.807) is 0 Å². The van der Waals surface area contributed by atoms with E-state index in [2.05, 4.69) is 60.7 Å². The normalized spacial score (nSPS) is 12.8. The second-order valence-electron chi connectivity index (χ2n) is 6.98. The monoisotopic (exact) mass is 345 g/mol. The fraction of sp³-hybridized carbons (Fsp3) is 0.273. The van der Waals surface area contributed by atoms with E-state index in [-0.39, 0.29) is 0 Å². The Morgan fingerprint density at radius 1 is 1.08 bits per heavy atom. The molecule has 1 aliphatic heterocycles. The molecule has 0 aliphatic carbocycles. The summed E-state index contributed by atoms with van der Waals surface area (Å²) in [6.07, 6.45) is 0.893. The lowest BCUT2D eigenvalue weighted by atomic mass is 9.97. The van der Waals surface area contributed by atoms with E-state index in [1.807, 2.05) is 13.8 Å². The van der Waals surface area contributed by atoms with E-state index in [0.717, 1.165) is 40.5 Å². The quantitative estimate of drug-likeness (QED) is 0.707. The Balaban J connectivity index is 1.57. The number of rotatable bonds is 4. The molecular weight excluding hydrogens is 322 g/mol. The average molecular weight is 345 g/mol. The van der Waals surface area contributed by atoms with Gasteiger partial charge in [-0.1, -0.05) is 29.4 Å². The number of benzene rings is 2. The number of aromatic nitrogens is 1. The molecule has 0 radical (unpaired) electrons. The van der Waals surface area contributed by atoms with Crippen molar-refractivity contribution in [2.75, 3.05) is 5.32 Å². The van der Waals surface area contributed by atoms with Crippen LogP contribution in [0.1, 0.15) is 39.3 Å². The molecule has 2 heterocycles. The number of nitrogens with one attached hydrogen (secondary N) is 1. The van der Waals surface area contributed by atoms with Crippen molar-refractivity contribution in [3.63, 3.8) is 0 Å². The maximum Gasteiger partial charge on any atom is 0.138 e. The first kappa shape index (κ1) is 16.6. The van der Waals surface area contributed by atoms with Gasteiger partial charge in [-0.05, 0) is 62.1 Å². The van der Waals surface area contributed by atoms with Gasteiger partial charge < -0.3 is 9.84 Å². The van der Waals surface area contributed by atoms with Gasteiger partial charge in [-0.15, -0.1) is 0 Å². The molecule has 0 fully saturated rings. The molecule has 0 unspecified atom stereocenters. The number of nitrogens with zero attached hydrogens (tertiary/aromatic N) is 2. The summed E-state index contributed by atoms with van der Waals surface area (Å²) in [5.74, 6) is 0.867. The molecule has 0 saturated heterocycles. The van der Waals surface area contributed by atoms with Crippen LogP contribution >= 0.6 is 0 Å². The van der Waals surface area contributed by atoms with Crippen LogP contribution in [0, 0.1) is 27.7 Å². The molecule has 1 aromatic heterocycles. The highest BCUT2D eigenvalue weighted by molar-refractivity contribution is 6.07. The first-order valence-corrected chi connectivity index (χ1v) is 8.95. The zero-order valence-electron chi connectivity index (χ0n) is 15.7. The second kappa shape index (κ2) is 6.45. The third kappa shape index (κ3) is 2.92. The largest absolute Gasteiger partial charge is 0.381 e. The van der Waals surface area contributed by atoms with E-state index < -0.39 is 0 Å². The fourth-order valence-corrected chi connectivity index (χ4v) is 3.46. The van der Waals surface area contributed by atoms with Crippen LogP contribution in [-0.2, 0) is 13.0 Å². The zero-order valence-corrected chi connectivity index (χ0v) is 15.7. The number of fused-ring (bicyclic) bond motifs is 1. The van der Waals surface area contributed by atoms with Crippen molar-refractivity contribution in [2.45, 2.75) is 40.7 Å². The van der Waals surface area contributed by atoms with E-state index in [1.165, 1.54) is 22.3 Å². The van der Waals surface area contributed by atoms with Gasteiger partial charge in [0.25, 0.3) is 0 Å². The lowest BCUT2D eigenvalue weighted by molar-refractivity contribution is 0.392. The van der Waals surface area contributed by atoms with Gasteiger partial charge in [-0.2, -0.15) is 0 Å². The Labute approximate surface area is 154 Å². The van der Waals surface area contributed by atoms with Crippen molar-refractivity contribution >= 4 is 17.1 Å². The average Bonchev–Trinajstić information content (AvgIpc) is 3.18. The van der Waals surface area contributed by atoms with Crippen molar-refractivity contribution in [3.05, 3.63) is 75.7 Å². The highest BCUT2D eigenvalue weighted by Crippen LogP contribution is 2.32. The number of aliphatic imine (C=N–C) groups is 1.